The number of aromatic nitrogens is 2. The fourth-order valence-corrected chi connectivity index (χ4v) is 6.72. The summed E-state index contributed by atoms with van der Waals surface area (Å²) in [5, 5.41) is 0.928. The second-order valence-corrected chi connectivity index (χ2v) is 12.0. The standard InChI is InChI=1S/C33H34N4O6S/c1-20(2)43-32(40)29-21(3)34-33-37(30(29)22-9-11-24(41-4)12-10-22)31(39)27(44-33)17-23-18-36(26-8-6-5-7-25(23)26)19-28(38)35-13-15-42-16-14-35/h5-12,17-18,20,30H,13-16,19H2,1-4H3/b27-17+/t30-/m1/s1. The predicted molar refractivity (Wildman–Crippen MR) is 167 cm³/mol. The van der Waals surface area contributed by atoms with Crippen LogP contribution in [0, 0.1) is 0 Å². The van der Waals surface area contributed by atoms with Gasteiger partial charge in [-0.15, -0.1) is 0 Å². The highest BCUT2D eigenvalue weighted by Crippen LogP contribution is 2.32. The minimum Gasteiger partial charge on any atom is -0.497 e. The van der Waals surface area contributed by atoms with Crippen LogP contribution in [0.4, 0.5) is 0 Å². The lowest BCUT2D eigenvalue weighted by Crippen LogP contribution is -2.42. The van der Waals surface area contributed by atoms with Gasteiger partial charge in [0.15, 0.2) is 4.80 Å². The Kier molecular flexibility index (Phi) is 8.24. The fourth-order valence-electron chi connectivity index (χ4n) is 5.68. The number of methoxy groups -OCH3 is 1. The molecule has 4 heterocycles. The number of morpholine rings is 1. The summed E-state index contributed by atoms with van der Waals surface area (Å²) < 4.78 is 20.3. The van der Waals surface area contributed by atoms with Crippen molar-refractivity contribution in [1.82, 2.24) is 14.0 Å². The molecule has 1 amide bonds. The Hall–Kier alpha value is -4.48. The Morgan fingerprint density at radius 3 is 2.55 bits per heavy atom. The van der Waals surface area contributed by atoms with E-state index < -0.39 is 12.0 Å². The van der Waals surface area contributed by atoms with Crippen LogP contribution in [0.25, 0.3) is 17.0 Å². The van der Waals surface area contributed by atoms with E-state index in [1.807, 2.05) is 58.1 Å². The fraction of sp³-hybridized carbons (Fsp3) is 0.333. The van der Waals surface area contributed by atoms with Crippen LogP contribution in [-0.4, -0.2) is 65.4 Å². The van der Waals surface area contributed by atoms with Crippen LogP contribution in [0.1, 0.15) is 37.9 Å². The van der Waals surface area contributed by atoms with Gasteiger partial charge in [0.05, 0.1) is 48.3 Å². The number of hydrogen-bond acceptors (Lipinski definition) is 8. The maximum atomic E-state index is 14.2. The number of carbonyl (C=O) groups excluding carboxylic acids is 2. The van der Waals surface area contributed by atoms with E-state index in [0.29, 0.717) is 52.7 Å². The van der Waals surface area contributed by atoms with Gasteiger partial charge in [-0.3, -0.25) is 14.2 Å². The summed E-state index contributed by atoms with van der Waals surface area (Å²) in [4.78, 5) is 47.6. The molecule has 4 aromatic rings. The summed E-state index contributed by atoms with van der Waals surface area (Å²) in [6, 6.07) is 14.4. The molecule has 1 fully saturated rings. The van der Waals surface area contributed by atoms with E-state index >= 15 is 0 Å². The highest BCUT2D eigenvalue weighted by Gasteiger charge is 2.34. The molecule has 1 atom stereocenters. The van der Waals surface area contributed by atoms with Crippen molar-refractivity contribution < 1.29 is 23.8 Å². The van der Waals surface area contributed by atoms with Gasteiger partial charge in [-0.25, -0.2) is 9.79 Å². The molecular formula is C33H34N4O6S. The maximum Gasteiger partial charge on any atom is 0.338 e. The van der Waals surface area contributed by atoms with Crippen molar-refractivity contribution >= 4 is 40.2 Å². The van der Waals surface area contributed by atoms with Crippen LogP contribution in [-0.2, 0) is 25.6 Å². The molecular weight excluding hydrogens is 580 g/mol. The van der Waals surface area contributed by atoms with Crippen LogP contribution in [0.3, 0.4) is 0 Å². The average Bonchev–Trinajstić information content (AvgIpc) is 3.52. The number of rotatable bonds is 7. The summed E-state index contributed by atoms with van der Waals surface area (Å²) >= 11 is 1.27. The van der Waals surface area contributed by atoms with Gasteiger partial charge in [0, 0.05) is 35.8 Å². The minimum absolute atomic E-state index is 0.0238. The first-order valence-corrected chi connectivity index (χ1v) is 15.4. The number of allylic oxidation sites excluding steroid dienone is 1. The summed E-state index contributed by atoms with van der Waals surface area (Å²) in [6.07, 6.45) is 3.42. The molecule has 0 aliphatic carbocycles. The Morgan fingerprint density at radius 2 is 1.84 bits per heavy atom. The number of para-hydroxylation sites is 1. The molecule has 2 aliphatic rings. The van der Waals surface area contributed by atoms with E-state index in [1.54, 1.807) is 44.6 Å². The number of hydrogen-bond donors (Lipinski definition) is 0. The largest absolute Gasteiger partial charge is 0.497 e. The summed E-state index contributed by atoms with van der Waals surface area (Å²) in [7, 11) is 1.59. The highest BCUT2D eigenvalue weighted by atomic mass is 32.1. The zero-order valence-corrected chi connectivity index (χ0v) is 25.9. The molecule has 0 radical (unpaired) electrons. The van der Waals surface area contributed by atoms with Crippen LogP contribution < -0.4 is 19.6 Å². The van der Waals surface area contributed by atoms with E-state index in [4.69, 9.17) is 19.2 Å². The van der Waals surface area contributed by atoms with Crippen molar-refractivity contribution in [2.75, 3.05) is 33.4 Å². The molecule has 0 N–H and O–H groups in total. The van der Waals surface area contributed by atoms with Gasteiger partial charge in [-0.1, -0.05) is 41.7 Å². The molecule has 2 aromatic heterocycles. The smallest absolute Gasteiger partial charge is 0.338 e. The Bertz CT molecular complexity index is 1940. The number of nitrogens with zero attached hydrogens (tertiary/aromatic N) is 4. The third-order valence-corrected chi connectivity index (χ3v) is 8.77. The predicted octanol–water partition coefficient (Wildman–Crippen LogP) is 3.01. The van der Waals surface area contributed by atoms with E-state index in [1.165, 1.54) is 11.3 Å². The van der Waals surface area contributed by atoms with E-state index in [9.17, 15) is 14.4 Å². The van der Waals surface area contributed by atoms with Gasteiger partial charge in [0.2, 0.25) is 5.91 Å². The normalized spacial score (nSPS) is 17.2. The molecule has 0 unspecified atom stereocenters. The summed E-state index contributed by atoms with van der Waals surface area (Å²) in [5.74, 6) is 0.178. The molecule has 0 saturated carbocycles. The second-order valence-electron chi connectivity index (χ2n) is 11.0. The number of esters is 1. The van der Waals surface area contributed by atoms with Gasteiger partial charge < -0.3 is 23.7 Å². The van der Waals surface area contributed by atoms with Crippen LogP contribution in [0.5, 0.6) is 5.75 Å². The van der Waals surface area contributed by atoms with E-state index in [2.05, 4.69) is 0 Å². The number of ether oxygens (including phenoxy) is 3. The summed E-state index contributed by atoms with van der Waals surface area (Å²) in [5.41, 5.74) is 3.01. The number of benzene rings is 2. The van der Waals surface area contributed by atoms with Gasteiger partial charge in [-0.05, 0) is 50.6 Å². The second kappa shape index (κ2) is 12.3. The zero-order valence-electron chi connectivity index (χ0n) is 25.1. The van der Waals surface area contributed by atoms with Crippen molar-refractivity contribution in [1.29, 1.82) is 0 Å². The number of amides is 1. The van der Waals surface area contributed by atoms with Crippen LogP contribution in [0.15, 0.2) is 75.8 Å². The third-order valence-electron chi connectivity index (χ3n) is 7.79. The van der Waals surface area contributed by atoms with Gasteiger partial charge in [0.25, 0.3) is 5.56 Å². The lowest BCUT2D eigenvalue weighted by Gasteiger charge is -2.27. The van der Waals surface area contributed by atoms with Gasteiger partial charge in [0.1, 0.15) is 12.3 Å². The zero-order chi connectivity index (χ0) is 31.0. The molecule has 11 heteroatoms. The molecule has 1 saturated heterocycles. The molecule has 10 nitrogen and oxygen atoms in total. The number of thiazole rings is 1. The van der Waals surface area contributed by atoms with Gasteiger partial charge in [-0.2, -0.15) is 0 Å². The summed E-state index contributed by atoms with van der Waals surface area (Å²) in [6.45, 7) is 7.76. The van der Waals surface area contributed by atoms with Crippen molar-refractivity contribution in [2.24, 2.45) is 4.99 Å². The lowest BCUT2D eigenvalue weighted by molar-refractivity contribution is -0.143. The molecule has 0 bridgehead atoms. The topological polar surface area (TPSA) is 104 Å². The van der Waals surface area contributed by atoms with Crippen molar-refractivity contribution in [3.63, 3.8) is 0 Å². The SMILES string of the molecule is COc1ccc([C@@H]2C(C(=O)OC(C)C)=C(C)N=c3s/c(=C/c4cn(CC(=O)N5CCOCC5)c5ccccc45)c(=O)n32)cc1. The van der Waals surface area contributed by atoms with Crippen LogP contribution >= 0.6 is 11.3 Å². The first-order chi connectivity index (χ1) is 21.2. The first-order valence-electron chi connectivity index (χ1n) is 14.6. The monoisotopic (exact) mass is 614 g/mol. The van der Waals surface area contributed by atoms with E-state index in [0.717, 1.165) is 22.0 Å². The molecule has 6 rings (SSSR count). The third kappa shape index (κ3) is 5.60. The maximum absolute atomic E-state index is 14.2. The van der Waals surface area contributed by atoms with Crippen molar-refractivity contribution in [2.45, 2.75) is 39.5 Å². The first kappa shape index (κ1) is 29.6. The quantitative estimate of drug-likeness (QED) is 0.297. The minimum atomic E-state index is -0.724. The molecule has 228 valence electrons. The van der Waals surface area contributed by atoms with Crippen LogP contribution in [0.2, 0.25) is 0 Å². The molecule has 2 aromatic carbocycles. The number of carbonyl (C=O) groups is 2. The molecule has 2 aliphatic heterocycles. The van der Waals surface area contributed by atoms with Crippen molar-refractivity contribution in [3.8, 4) is 5.75 Å². The highest BCUT2D eigenvalue weighted by molar-refractivity contribution is 7.07. The van der Waals surface area contributed by atoms with Gasteiger partial charge >= 0.3 is 5.97 Å². The van der Waals surface area contributed by atoms with Crippen molar-refractivity contribution in [3.05, 3.63) is 96.8 Å². The number of fused-ring (bicyclic) bond motifs is 2. The molecule has 44 heavy (non-hydrogen) atoms. The lowest BCUT2D eigenvalue weighted by atomic mass is 9.96. The van der Waals surface area contributed by atoms with E-state index in [-0.39, 0.29) is 24.1 Å². The Balaban J connectivity index is 1.46. The average molecular weight is 615 g/mol. The Labute approximate surface area is 258 Å². The Morgan fingerprint density at radius 1 is 1.11 bits per heavy atom. The molecule has 0 spiro atoms.